The van der Waals surface area contributed by atoms with Crippen molar-refractivity contribution in [2.45, 2.75) is 81.2 Å². The number of allylic oxidation sites excluding steroid dienone is 1. The van der Waals surface area contributed by atoms with Gasteiger partial charge in [-0.15, -0.1) is 34.5 Å². The number of hydrogen-bond donors (Lipinski definition) is 0. The number of benzene rings is 1. The molecule has 0 aliphatic carbocycles. The Morgan fingerprint density at radius 3 is 2.42 bits per heavy atom. The predicted octanol–water partition coefficient (Wildman–Crippen LogP) is 7.92. The van der Waals surface area contributed by atoms with Crippen LogP contribution in [0.2, 0.25) is 13.1 Å². The first kappa shape index (κ1) is 31.8. The second kappa shape index (κ2) is 12.8. The summed E-state index contributed by atoms with van der Waals surface area (Å²) in [5.74, 6) is -1.22. The van der Waals surface area contributed by atoms with Crippen LogP contribution in [0.3, 0.4) is 0 Å². The molecule has 1 saturated heterocycles. The van der Waals surface area contributed by atoms with E-state index in [0.29, 0.717) is 12.0 Å². The number of amides is 1. The van der Waals surface area contributed by atoms with E-state index >= 15 is 0 Å². The molecule has 12 heteroatoms. The van der Waals surface area contributed by atoms with Crippen molar-refractivity contribution in [2.75, 3.05) is 6.61 Å². The van der Waals surface area contributed by atoms with Gasteiger partial charge >= 0.3 is 5.97 Å². The average Bonchev–Trinajstić information content (AvgIpc) is 3.24. The van der Waals surface area contributed by atoms with Crippen molar-refractivity contribution in [2.24, 2.45) is 11.3 Å². The summed E-state index contributed by atoms with van der Waals surface area (Å²) in [6, 6.07) is 8.00. The number of carbonyl (C=O) groups excluding carboxylic acids is 2. The molecule has 38 heavy (non-hydrogen) atoms. The minimum absolute atomic E-state index is 0.145. The third kappa shape index (κ3) is 6.58. The summed E-state index contributed by atoms with van der Waals surface area (Å²) in [7, 11) is 1.90. The molecular formula is C26H35Cl2N2O4S3Si. The molecule has 1 unspecified atom stereocenters. The summed E-state index contributed by atoms with van der Waals surface area (Å²) in [6.45, 7) is 16.1. The van der Waals surface area contributed by atoms with E-state index in [1.54, 1.807) is 30.1 Å². The van der Waals surface area contributed by atoms with E-state index in [9.17, 15) is 9.59 Å². The number of hydrogen-bond acceptors (Lipinski definition) is 8. The quantitative estimate of drug-likeness (QED) is 0.0621. The molecular weight excluding hydrogens is 599 g/mol. The Balaban J connectivity index is 2.03. The second-order valence-corrected chi connectivity index (χ2v) is 17.4. The van der Waals surface area contributed by atoms with Gasteiger partial charge in [0, 0.05) is 0 Å². The maximum absolute atomic E-state index is 14.1. The fourth-order valence-electron chi connectivity index (χ4n) is 4.83. The summed E-state index contributed by atoms with van der Waals surface area (Å²) in [5.41, 5.74) is 0.797. The van der Waals surface area contributed by atoms with Gasteiger partial charge in [-0.2, -0.15) is 0 Å². The lowest BCUT2D eigenvalue weighted by molar-refractivity contribution is -0.179. The third-order valence-corrected chi connectivity index (χ3v) is 11.5. The highest BCUT2D eigenvalue weighted by Crippen LogP contribution is 2.56. The van der Waals surface area contributed by atoms with Gasteiger partial charge < -0.3 is 9.16 Å². The number of esters is 1. The number of alkyl halides is 2. The smallest absolute Gasteiger partial charge is 0.355 e. The van der Waals surface area contributed by atoms with Gasteiger partial charge in [0.05, 0.1) is 21.7 Å². The molecule has 0 N–H and O–H groups in total. The number of likely N-dealkylation sites (tertiary alicyclic amines) is 1. The Labute approximate surface area is 249 Å². The second-order valence-electron chi connectivity index (χ2n) is 10.5. The molecule has 6 nitrogen and oxygen atoms in total. The van der Waals surface area contributed by atoms with Crippen molar-refractivity contribution in [1.82, 2.24) is 9.88 Å². The molecule has 209 valence electrons. The van der Waals surface area contributed by atoms with Crippen LogP contribution in [0.25, 0.3) is 10.2 Å². The number of ether oxygens (including phenoxy) is 1. The first-order valence-corrected chi connectivity index (χ1v) is 18.7. The Morgan fingerprint density at radius 1 is 1.24 bits per heavy atom. The summed E-state index contributed by atoms with van der Waals surface area (Å²) in [6.07, 6.45) is 0.661. The summed E-state index contributed by atoms with van der Waals surface area (Å²) >= 11 is 13.2. The van der Waals surface area contributed by atoms with Crippen LogP contribution in [0, 0.1) is 11.3 Å². The van der Waals surface area contributed by atoms with Crippen LogP contribution in [0.4, 0.5) is 0 Å². The summed E-state index contributed by atoms with van der Waals surface area (Å²) < 4.78 is 14.1. The van der Waals surface area contributed by atoms with Gasteiger partial charge in [0.1, 0.15) is 22.5 Å². The van der Waals surface area contributed by atoms with E-state index < -0.39 is 31.4 Å². The monoisotopic (exact) mass is 633 g/mol. The molecule has 1 fully saturated rings. The number of rotatable bonds is 11. The van der Waals surface area contributed by atoms with Crippen molar-refractivity contribution in [3.05, 3.63) is 35.5 Å². The topological polar surface area (TPSA) is 68.7 Å². The van der Waals surface area contributed by atoms with E-state index in [4.69, 9.17) is 37.3 Å². The van der Waals surface area contributed by atoms with Crippen molar-refractivity contribution >= 4 is 87.3 Å². The minimum atomic E-state index is -1.15. The maximum Gasteiger partial charge on any atom is 0.355 e. The highest BCUT2D eigenvalue weighted by molar-refractivity contribution is 8.77. The number of carbonyl (C=O) groups is 2. The lowest BCUT2D eigenvalue weighted by Crippen LogP contribution is -2.71. The summed E-state index contributed by atoms with van der Waals surface area (Å²) in [4.78, 5) is 32.7. The van der Waals surface area contributed by atoms with Gasteiger partial charge in [-0.25, -0.2) is 9.78 Å². The van der Waals surface area contributed by atoms with Crippen LogP contribution in [0.15, 0.2) is 39.9 Å². The molecule has 0 saturated carbocycles. The van der Waals surface area contributed by atoms with Crippen LogP contribution in [0.1, 0.15) is 48.0 Å². The molecule has 2 heterocycles. The predicted molar refractivity (Wildman–Crippen MR) is 163 cm³/mol. The van der Waals surface area contributed by atoms with Crippen molar-refractivity contribution in [3.8, 4) is 0 Å². The Bertz CT molecular complexity index is 1160. The zero-order valence-electron chi connectivity index (χ0n) is 23.0. The number of aromatic nitrogens is 1. The van der Waals surface area contributed by atoms with Crippen LogP contribution in [-0.2, 0) is 18.8 Å². The van der Waals surface area contributed by atoms with Crippen LogP contribution in [0.5, 0.6) is 0 Å². The zero-order chi connectivity index (χ0) is 28.4. The van der Waals surface area contributed by atoms with Gasteiger partial charge in [0.2, 0.25) is 14.9 Å². The van der Waals surface area contributed by atoms with Crippen LogP contribution in [-0.4, -0.2) is 53.2 Å². The van der Waals surface area contributed by atoms with Gasteiger partial charge in [0.25, 0.3) is 0 Å². The summed E-state index contributed by atoms with van der Waals surface area (Å²) in [5, 5.41) is -0.375. The molecule has 1 amide bonds. The third-order valence-electron chi connectivity index (χ3n) is 6.47. The molecule has 1 aromatic heterocycles. The Morgan fingerprint density at radius 2 is 1.89 bits per heavy atom. The van der Waals surface area contributed by atoms with Gasteiger partial charge in [-0.1, -0.05) is 50.6 Å². The van der Waals surface area contributed by atoms with Crippen molar-refractivity contribution in [1.29, 1.82) is 0 Å². The Kier molecular flexibility index (Phi) is 10.7. The molecule has 0 bridgehead atoms. The van der Waals surface area contributed by atoms with E-state index in [1.807, 2.05) is 24.3 Å². The highest BCUT2D eigenvalue weighted by Gasteiger charge is 2.64. The lowest BCUT2D eigenvalue weighted by Gasteiger charge is -2.59. The van der Waals surface area contributed by atoms with Gasteiger partial charge in [-0.05, 0) is 67.3 Å². The molecule has 2 aromatic rings. The largest absolute Gasteiger partial charge is 0.458 e. The minimum Gasteiger partial charge on any atom is -0.458 e. The molecule has 0 spiro atoms. The first-order chi connectivity index (χ1) is 17.7. The number of fused-ring (bicyclic) bond motifs is 1. The zero-order valence-corrected chi connectivity index (χ0v) is 27.9. The number of para-hydroxylation sites is 1. The van der Waals surface area contributed by atoms with Gasteiger partial charge in [-0.3, -0.25) is 9.69 Å². The fourth-order valence-corrected chi connectivity index (χ4v) is 10.3. The van der Waals surface area contributed by atoms with Crippen molar-refractivity contribution in [3.63, 3.8) is 0 Å². The number of nitrogens with zero attached hydrogens (tertiary/aromatic N) is 2. The van der Waals surface area contributed by atoms with E-state index in [1.165, 1.54) is 21.6 Å². The normalized spacial score (nSPS) is 19.6. The molecule has 1 aliphatic heterocycles. The molecule has 1 radical (unpaired) electrons. The number of halogens is 2. The maximum atomic E-state index is 14.1. The highest BCUT2D eigenvalue weighted by atomic mass is 35.5. The SMILES string of the molecule is CCC(O[Si](C)C)([C@@H]1C(=O)N(C(C(=O)OCC(Cl)Cl)=C(C)C)[C@@H]1SSc1nc2ccccc2s1)C(C)(C)C. The molecule has 3 atom stereocenters. The van der Waals surface area contributed by atoms with Crippen LogP contribution < -0.4 is 0 Å². The van der Waals surface area contributed by atoms with E-state index in [-0.39, 0.29) is 29.0 Å². The van der Waals surface area contributed by atoms with E-state index in [0.717, 1.165) is 14.6 Å². The number of β-lactam (4-membered cyclic amide) rings is 1. The molecule has 1 aromatic carbocycles. The fraction of sp³-hybridized carbons (Fsp3) is 0.577. The first-order valence-electron chi connectivity index (χ1n) is 12.4. The Hall–Kier alpha value is -0.753. The van der Waals surface area contributed by atoms with Gasteiger partial charge in [0.15, 0.2) is 4.34 Å². The standard InChI is InChI=1S/C26H35Cl2N2O4S3Si/c1-9-26(25(4,5)6,34-38(7)8)19-21(31)30(20(15(2)3)23(32)33-14-18(27)28)22(19)36-37-24-29-16-12-10-11-13-17(16)35-24/h10-13,18-19,22H,9,14H2,1-8H3/t19-,22-,26?/m1/s1. The number of thiazole rings is 1. The van der Waals surface area contributed by atoms with E-state index in [2.05, 4.69) is 40.8 Å². The lowest BCUT2D eigenvalue weighted by atomic mass is 9.64. The average molecular weight is 635 g/mol. The van der Waals surface area contributed by atoms with Crippen LogP contribution >= 0.6 is 56.1 Å². The van der Waals surface area contributed by atoms with Crippen molar-refractivity contribution < 1.29 is 18.8 Å². The molecule has 1 aliphatic rings. The molecule has 3 rings (SSSR count).